The average Bonchev–Trinajstić information content (AvgIpc) is 2.96. The van der Waals surface area contributed by atoms with Gasteiger partial charge in [-0.25, -0.2) is 0 Å². The number of hydrogen-bond donors (Lipinski definition) is 1. The van der Waals surface area contributed by atoms with E-state index in [0.29, 0.717) is 18.6 Å². The highest BCUT2D eigenvalue weighted by Gasteiger charge is 2.31. The molecule has 0 atom stereocenters. The van der Waals surface area contributed by atoms with Gasteiger partial charge in [-0.15, -0.1) is 0 Å². The molecule has 0 unspecified atom stereocenters. The van der Waals surface area contributed by atoms with Gasteiger partial charge < -0.3 is 9.84 Å². The van der Waals surface area contributed by atoms with Crippen molar-refractivity contribution >= 4 is 0 Å². The minimum absolute atomic E-state index is 0.0687. The van der Waals surface area contributed by atoms with Gasteiger partial charge in [0.1, 0.15) is 11.5 Å². The molecule has 0 heterocycles. The highest BCUT2D eigenvalue weighted by atomic mass is 19.4. The first kappa shape index (κ1) is 11.1. The van der Waals surface area contributed by atoms with Crippen molar-refractivity contribution in [2.24, 2.45) is 5.92 Å². The van der Waals surface area contributed by atoms with Crippen molar-refractivity contribution in [3.05, 3.63) is 23.8 Å². The monoisotopic (exact) mass is 232 g/mol. The predicted molar refractivity (Wildman–Crippen MR) is 51.3 cm³/mol. The van der Waals surface area contributed by atoms with E-state index in [1.54, 1.807) is 0 Å². The van der Waals surface area contributed by atoms with Crippen molar-refractivity contribution in [3.8, 4) is 11.5 Å². The lowest BCUT2D eigenvalue weighted by Crippen LogP contribution is -2.06. The highest BCUT2D eigenvalue weighted by Crippen LogP contribution is 2.35. The summed E-state index contributed by atoms with van der Waals surface area (Å²) in [6.45, 7) is 0.417. The van der Waals surface area contributed by atoms with Crippen LogP contribution in [0.5, 0.6) is 11.5 Å². The van der Waals surface area contributed by atoms with Crippen molar-refractivity contribution < 1.29 is 23.0 Å². The van der Waals surface area contributed by atoms with Gasteiger partial charge in [0.05, 0.1) is 12.2 Å². The summed E-state index contributed by atoms with van der Waals surface area (Å²) in [5, 5.41) is 9.16. The number of hydrogen-bond acceptors (Lipinski definition) is 2. The lowest BCUT2D eigenvalue weighted by atomic mass is 10.2. The fourth-order valence-corrected chi connectivity index (χ4v) is 1.33. The Kier molecular flexibility index (Phi) is 2.69. The van der Waals surface area contributed by atoms with Gasteiger partial charge in [-0.1, -0.05) is 0 Å². The summed E-state index contributed by atoms with van der Waals surface area (Å²) in [5.41, 5.74) is -0.890. The van der Waals surface area contributed by atoms with Gasteiger partial charge in [-0.3, -0.25) is 0 Å². The molecule has 0 saturated heterocycles. The summed E-state index contributed by atoms with van der Waals surface area (Å²) in [5.74, 6) is 0.0940. The zero-order valence-electron chi connectivity index (χ0n) is 8.42. The van der Waals surface area contributed by atoms with E-state index in [4.69, 9.17) is 9.84 Å². The Bertz CT molecular complexity index is 383. The third-order valence-electron chi connectivity index (χ3n) is 2.40. The molecule has 2 rings (SSSR count). The summed E-state index contributed by atoms with van der Waals surface area (Å²) in [6, 6.07) is 2.78. The molecule has 0 aliphatic heterocycles. The van der Waals surface area contributed by atoms with E-state index in [1.165, 1.54) is 6.07 Å². The summed E-state index contributed by atoms with van der Waals surface area (Å²) < 4.78 is 42.4. The van der Waals surface area contributed by atoms with Crippen LogP contribution in [0.15, 0.2) is 18.2 Å². The Hall–Kier alpha value is -1.39. The van der Waals surface area contributed by atoms with E-state index in [0.717, 1.165) is 18.9 Å². The van der Waals surface area contributed by atoms with E-state index >= 15 is 0 Å². The number of phenols is 1. The second-order valence-corrected chi connectivity index (χ2v) is 3.97. The molecule has 1 N–H and O–H groups in total. The van der Waals surface area contributed by atoms with E-state index in [1.807, 2.05) is 0 Å². The molecule has 0 radical (unpaired) electrons. The number of halogens is 3. The first-order chi connectivity index (χ1) is 7.45. The lowest BCUT2D eigenvalue weighted by Gasteiger charge is -2.10. The Balaban J connectivity index is 2.14. The van der Waals surface area contributed by atoms with Crippen LogP contribution in [0.4, 0.5) is 13.2 Å². The average molecular weight is 232 g/mol. The molecule has 1 aromatic rings. The van der Waals surface area contributed by atoms with Gasteiger partial charge in [0.15, 0.2) is 0 Å². The molecule has 0 aromatic heterocycles. The van der Waals surface area contributed by atoms with Gasteiger partial charge >= 0.3 is 6.18 Å². The van der Waals surface area contributed by atoms with E-state index in [2.05, 4.69) is 0 Å². The Morgan fingerprint density at radius 2 is 1.94 bits per heavy atom. The largest absolute Gasteiger partial charge is 0.508 e. The Labute approximate surface area is 90.7 Å². The summed E-state index contributed by atoms with van der Waals surface area (Å²) in [6.07, 6.45) is -2.34. The maximum absolute atomic E-state index is 12.4. The van der Waals surface area contributed by atoms with Crippen LogP contribution in [0.2, 0.25) is 0 Å². The van der Waals surface area contributed by atoms with Crippen LogP contribution in [0, 0.1) is 5.92 Å². The number of rotatable bonds is 3. The van der Waals surface area contributed by atoms with Crippen LogP contribution in [0.1, 0.15) is 18.4 Å². The molecule has 0 amide bonds. The summed E-state index contributed by atoms with van der Waals surface area (Å²) >= 11 is 0. The van der Waals surface area contributed by atoms with Gasteiger partial charge in [-0.05, 0) is 30.9 Å². The fraction of sp³-hybridized carbons (Fsp3) is 0.455. The maximum Gasteiger partial charge on any atom is 0.416 e. The Morgan fingerprint density at radius 3 is 2.50 bits per heavy atom. The van der Waals surface area contributed by atoms with Crippen LogP contribution in [0.3, 0.4) is 0 Å². The van der Waals surface area contributed by atoms with Gasteiger partial charge in [0, 0.05) is 6.07 Å². The van der Waals surface area contributed by atoms with Crippen LogP contribution >= 0.6 is 0 Å². The molecule has 2 nitrogen and oxygen atoms in total. The SMILES string of the molecule is Oc1cc(OCC2CC2)cc(C(F)(F)F)c1. The number of ether oxygens (including phenoxy) is 1. The Morgan fingerprint density at radius 1 is 1.25 bits per heavy atom. The third kappa shape index (κ3) is 2.81. The smallest absolute Gasteiger partial charge is 0.416 e. The number of benzene rings is 1. The van der Waals surface area contributed by atoms with Crippen molar-refractivity contribution in [1.29, 1.82) is 0 Å². The minimum Gasteiger partial charge on any atom is -0.508 e. The molecule has 1 fully saturated rings. The summed E-state index contributed by atoms with van der Waals surface area (Å²) in [7, 11) is 0. The molecular weight excluding hydrogens is 221 g/mol. The quantitative estimate of drug-likeness (QED) is 0.867. The number of phenolic OH excluding ortho intramolecular Hbond substituents is 1. The van der Waals surface area contributed by atoms with Crippen LogP contribution in [-0.2, 0) is 6.18 Å². The topological polar surface area (TPSA) is 29.5 Å². The molecule has 1 saturated carbocycles. The molecule has 0 spiro atoms. The van der Waals surface area contributed by atoms with Gasteiger partial charge in [0.25, 0.3) is 0 Å². The molecule has 1 aliphatic carbocycles. The van der Waals surface area contributed by atoms with Gasteiger partial charge in [-0.2, -0.15) is 13.2 Å². The van der Waals surface area contributed by atoms with Crippen molar-refractivity contribution in [2.75, 3.05) is 6.61 Å². The van der Waals surface area contributed by atoms with Crippen molar-refractivity contribution in [3.63, 3.8) is 0 Å². The second-order valence-electron chi connectivity index (χ2n) is 3.97. The lowest BCUT2D eigenvalue weighted by molar-refractivity contribution is -0.137. The molecule has 88 valence electrons. The minimum atomic E-state index is -4.46. The molecule has 1 aliphatic rings. The number of alkyl halides is 3. The zero-order valence-corrected chi connectivity index (χ0v) is 8.42. The first-order valence-electron chi connectivity index (χ1n) is 4.99. The van der Waals surface area contributed by atoms with E-state index in [-0.39, 0.29) is 5.75 Å². The second kappa shape index (κ2) is 3.88. The predicted octanol–water partition coefficient (Wildman–Crippen LogP) is 3.20. The molecule has 16 heavy (non-hydrogen) atoms. The fourth-order valence-electron chi connectivity index (χ4n) is 1.33. The molecule has 1 aromatic carbocycles. The number of aromatic hydroxyl groups is 1. The van der Waals surface area contributed by atoms with Gasteiger partial charge in [0.2, 0.25) is 0 Å². The van der Waals surface area contributed by atoms with Crippen molar-refractivity contribution in [2.45, 2.75) is 19.0 Å². The zero-order chi connectivity index (χ0) is 11.8. The molecule has 0 bridgehead atoms. The standard InChI is InChI=1S/C11H11F3O2/c12-11(13,14)8-3-9(15)5-10(4-8)16-6-7-1-2-7/h3-5,7,15H,1-2,6H2. The maximum atomic E-state index is 12.4. The first-order valence-corrected chi connectivity index (χ1v) is 4.99. The highest BCUT2D eigenvalue weighted by molar-refractivity contribution is 5.38. The summed E-state index contributed by atoms with van der Waals surface area (Å²) in [4.78, 5) is 0. The van der Waals surface area contributed by atoms with Crippen LogP contribution < -0.4 is 4.74 Å². The van der Waals surface area contributed by atoms with Crippen LogP contribution in [-0.4, -0.2) is 11.7 Å². The van der Waals surface area contributed by atoms with E-state index < -0.39 is 17.5 Å². The van der Waals surface area contributed by atoms with Crippen molar-refractivity contribution in [1.82, 2.24) is 0 Å². The van der Waals surface area contributed by atoms with E-state index in [9.17, 15) is 13.2 Å². The molecular formula is C11H11F3O2. The third-order valence-corrected chi connectivity index (χ3v) is 2.40. The van der Waals surface area contributed by atoms with Crippen LogP contribution in [0.25, 0.3) is 0 Å². The molecule has 5 heteroatoms. The normalized spacial score (nSPS) is 16.2.